The number of amides is 1. The molecule has 1 rings (SSSR count). The predicted molar refractivity (Wildman–Crippen MR) is 68.7 cm³/mol. The molecule has 2 N–H and O–H groups in total. The molecule has 0 aromatic heterocycles. The molecule has 1 amide bonds. The molecular formula is C13H14F3NO5. The lowest BCUT2D eigenvalue weighted by Crippen LogP contribution is -2.29. The minimum absolute atomic E-state index is 0.0432. The summed E-state index contributed by atoms with van der Waals surface area (Å²) in [5.41, 5.74) is 0.380. The Bertz CT molecular complexity index is 545. The van der Waals surface area contributed by atoms with Crippen LogP contribution in [-0.4, -0.2) is 43.5 Å². The van der Waals surface area contributed by atoms with Gasteiger partial charge in [0.2, 0.25) is 5.91 Å². The molecule has 0 radical (unpaired) electrons. The Morgan fingerprint density at radius 1 is 1.32 bits per heavy atom. The van der Waals surface area contributed by atoms with Crippen molar-refractivity contribution in [3.63, 3.8) is 0 Å². The zero-order valence-electron chi connectivity index (χ0n) is 11.6. The maximum Gasteiger partial charge on any atom is 0.411 e. The van der Waals surface area contributed by atoms with Gasteiger partial charge in [0.25, 0.3) is 0 Å². The topological polar surface area (TPSA) is 84.9 Å². The first-order valence-electron chi connectivity index (χ1n) is 6.04. The summed E-state index contributed by atoms with van der Waals surface area (Å²) in [6, 6.07) is 4.26. The summed E-state index contributed by atoms with van der Waals surface area (Å²) in [7, 11) is 1.32. The molecule has 0 spiro atoms. The molecule has 0 saturated heterocycles. The fraction of sp³-hybridized carbons (Fsp3) is 0.385. The third-order valence-corrected chi connectivity index (χ3v) is 2.48. The molecule has 9 heteroatoms. The summed E-state index contributed by atoms with van der Waals surface area (Å²) in [6.07, 6.45) is -4.49. The average Bonchev–Trinajstić information content (AvgIpc) is 2.43. The number of nitrogens with one attached hydrogen (secondary N) is 1. The maximum atomic E-state index is 11.8. The Morgan fingerprint density at radius 2 is 2.00 bits per heavy atom. The molecule has 0 unspecified atom stereocenters. The number of carbonyl (C=O) groups excluding carboxylic acids is 1. The maximum absolute atomic E-state index is 11.8. The Labute approximate surface area is 123 Å². The second kappa shape index (κ2) is 7.64. The van der Waals surface area contributed by atoms with E-state index in [-0.39, 0.29) is 17.9 Å². The van der Waals surface area contributed by atoms with Crippen LogP contribution >= 0.6 is 0 Å². The van der Waals surface area contributed by atoms with Crippen LogP contribution in [0.3, 0.4) is 0 Å². The van der Waals surface area contributed by atoms with E-state index in [1.807, 2.05) is 0 Å². The molecule has 0 atom stereocenters. The summed E-state index contributed by atoms with van der Waals surface area (Å²) in [5, 5.41) is 11.3. The Morgan fingerprint density at radius 3 is 2.55 bits per heavy atom. The molecule has 1 aromatic rings. The van der Waals surface area contributed by atoms with Gasteiger partial charge in [-0.3, -0.25) is 4.79 Å². The number of ether oxygens (including phenoxy) is 2. The molecule has 0 saturated carbocycles. The van der Waals surface area contributed by atoms with Crippen LogP contribution in [0.4, 0.5) is 13.2 Å². The predicted octanol–water partition coefficient (Wildman–Crippen LogP) is 1.59. The van der Waals surface area contributed by atoms with Crippen molar-refractivity contribution >= 4 is 11.9 Å². The highest BCUT2D eigenvalue weighted by molar-refractivity contribution is 5.91. The number of rotatable bonds is 7. The zero-order valence-corrected chi connectivity index (χ0v) is 11.6. The smallest absolute Gasteiger partial charge is 0.411 e. The molecule has 0 aliphatic rings. The van der Waals surface area contributed by atoms with E-state index >= 15 is 0 Å². The molecule has 22 heavy (non-hydrogen) atoms. The van der Waals surface area contributed by atoms with E-state index in [0.717, 1.165) is 0 Å². The van der Waals surface area contributed by atoms with Crippen molar-refractivity contribution in [1.82, 2.24) is 5.32 Å². The third kappa shape index (κ3) is 6.00. The van der Waals surface area contributed by atoms with Crippen LogP contribution in [0.2, 0.25) is 0 Å². The van der Waals surface area contributed by atoms with Gasteiger partial charge in [-0.15, -0.1) is 0 Å². The Kier molecular flexibility index (Phi) is 6.17. The van der Waals surface area contributed by atoms with Crippen LogP contribution in [0.1, 0.15) is 15.9 Å². The molecule has 0 aliphatic heterocycles. The number of carbonyl (C=O) groups is 2. The summed E-state index contributed by atoms with van der Waals surface area (Å²) in [4.78, 5) is 22.3. The summed E-state index contributed by atoms with van der Waals surface area (Å²) >= 11 is 0. The van der Waals surface area contributed by atoms with E-state index in [1.165, 1.54) is 25.3 Å². The van der Waals surface area contributed by atoms with Crippen LogP contribution in [0.15, 0.2) is 18.2 Å². The largest absolute Gasteiger partial charge is 0.496 e. The summed E-state index contributed by atoms with van der Waals surface area (Å²) < 4.78 is 44.5. The van der Waals surface area contributed by atoms with Crippen molar-refractivity contribution in [2.24, 2.45) is 0 Å². The monoisotopic (exact) mass is 321 g/mol. The van der Waals surface area contributed by atoms with E-state index in [9.17, 15) is 22.8 Å². The van der Waals surface area contributed by atoms with Crippen LogP contribution in [0.5, 0.6) is 5.75 Å². The fourth-order valence-corrected chi connectivity index (χ4v) is 1.54. The van der Waals surface area contributed by atoms with Crippen molar-refractivity contribution in [2.75, 3.05) is 20.3 Å². The standard InChI is InChI=1S/C13H14F3NO5/c1-21-10-3-2-8(4-9(10)12(19)20)5-17-11(18)6-22-7-13(14,15)16/h2-4H,5-7H2,1H3,(H,17,18)(H,19,20). The van der Waals surface area contributed by atoms with Gasteiger partial charge >= 0.3 is 12.1 Å². The van der Waals surface area contributed by atoms with Crippen molar-refractivity contribution in [3.05, 3.63) is 29.3 Å². The van der Waals surface area contributed by atoms with Gasteiger partial charge in [0, 0.05) is 6.54 Å². The molecule has 0 fully saturated rings. The minimum atomic E-state index is -4.49. The fourth-order valence-electron chi connectivity index (χ4n) is 1.54. The van der Waals surface area contributed by atoms with E-state index < -0.39 is 31.3 Å². The second-order valence-corrected chi connectivity index (χ2v) is 4.22. The lowest BCUT2D eigenvalue weighted by atomic mass is 10.1. The second-order valence-electron chi connectivity index (χ2n) is 4.22. The minimum Gasteiger partial charge on any atom is -0.496 e. The van der Waals surface area contributed by atoms with Gasteiger partial charge in [0.1, 0.15) is 24.5 Å². The van der Waals surface area contributed by atoms with Crippen LogP contribution in [0, 0.1) is 0 Å². The van der Waals surface area contributed by atoms with Gasteiger partial charge in [0.05, 0.1) is 7.11 Å². The first-order chi connectivity index (χ1) is 10.2. The van der Waals surface area contributed by atoms with Crippen molar-refractivity contribution in [2.45, 2.75) is 12.7 Å². The number of halogens is 3. The van der Waals surface area contributed by atoms with Crippen molar-refractivity contribution in [1.29, 1.82) is 0 Å². The highest BCUT2D eigenvalue weighted by Gasteiger charge is 2.27. The number of alkyl halides is 3. The first-order valence-corrected chi connectivity index (χ1v) is 6.04. The number of aromatic carboxylic acids is 1. The van der Waals surface area contributed by atoms with Crippen molar-refractivity contribution in [3.8, 4) is 5.75 Å². The third-order valence-electron chi connectivity index (χ3n) is 2.48. The number of benzene rings is 1. The summed E-state index contributed by atoms with van der Waals surface area (Å²) in [5.74, 6) is -1.77. The number of carboxylic acids is 1. The van der Waals surface area contributed by atoms with E-state index in [1.54, 1.807) is 0 Å². The van der Waals surface area contributed by atoms with Crippen LogP contribution in [0.25, 0.3) is 0 Å². The Hall–Kier alpha value is -2.29. The van der Waals surface area contributed by atoms with Gasteiger partial charge in [-0.1, -0.05) is 6.07 Å². The molecular weight excluding hydrogens is 307 g/mol. The van der Waals surface area contributed by atoms with Crippen LogP contribution in [-0.2, 0) is 16.1 Å². The van der Waals surface area contributed by atoms with Gasteiger partial charge in [-0.05, 0) is 17.7 Å². The lowest BCUT2D eigenvalue weighted by Gasteiger charge is -2.10. The molecule has 0 aliphatic carbocycles. The molecule has 6 nitrogen and oxygen atoms in total. The van der Waals surface area contributed by atoms with Gasteiger partial charge in [0.15, 0.2) is 0 Å². The average molecular weight is 321 g/mol. The number of carboxylic acid groups (broad SMARTS) is 1. The van der Waals surface area contributed by atoms with E-state index in [0.29, 0.717) is 5.56 Å². The number of hydrogen-bond acceptors (Lipinski definition) is 4. The highest BCUT2D eigenvalue weighted by Crippen LogP contribution is 2.19. The Balaban J connectivity index is 2.52. The van der Waals surface area contributed by atoms with E-state index in [2.05, 4.69) is 10.1 Å². The molecule has 1 aromatic carbocycles. The summed E-state index contributed by atoms with van der Waals surface area (Å²) in [6.45, 7) is -2.29. The first kappa shape index (κ1) is 17.8. The normalized spacial score (nSPS) is 11.1. The number of methoxy groups -OCH3 is 1. The van der Waals surface area contributed by atoms with Gasteiger partial charge < -0.3 is 19.9 Å². The van der Waals surface area contributed by atoms with Crippen molar-refractivity contribution < 1.29 is 37.3 Å². The van der Waals surface area contributed by atoms with Crippen LogP contribution < -0.4 is 10.1 Å². The van der Waals surface area contributed by atoms with Gasteiger partial charge in [-0.2, -0.15) is 13.2 Å². The SMILES string of the molecule is COc1ccc(CNC(=O)COCC(F)(F)F)cc1C(=O)O. The molecule has 0 heterocycles. The van der Waals surface area contributed by atoms with E-state index in [4.69, 9.17) is 9.84 Å². The van der Waals surface area contributed by atoms with Gasteiger partial charge in [-0.25, -0.2) is 4.79 Å². The molecule has 122 valence electrons. The highest BCUT2D eigenvalue weighted by atomic mass is 19.4. The lowest BCUT2D eigenvalue weighted by molar-refractivity contribution is -0.175. The quantitative estimate of drug-likeness (QED) is 0.796. The zero-order chi connectivity index (χ0) is 16.8. The number of hydrogen-bond donors (Lipinski definition) is 2. The molecule has 0 bridgehead atoms.